The van der Waals surface area contributed by atoms with Crippen LogP contribution in [-0.2, 0) is 0 Å². The van der Waals surface area contributed by atoms with Gasteiger partial charge in [-0.1, -0.05) is 71.0 Å². The molecule has 0 heterocycles. The van der Waals surface area contributed by atoms with E-state index in [1.54, 1.807) is 0 Å². The van der Waals surface area contributed by atoms with E-state index in [1.807, 2.05) is 0 Å². The van der Waals surface area contributed by atoms with Crippen LogP contribution >= 0.6 is 15.9 Å². The Hall–Kier alpha value is -1.60. The zero-order valence-corrected chi connectivity index (χ0v) is 10.9. The minimum absolute atomic E-state index is 0.936. The number of fused-ring (bicyclic) bond motifs is 2. The van der Waals surface area contributed by atoms with Crippen LogP contribution in [0, 0.1) is 0 Å². The Morgan fingerprint density at radius 1 is 0.824 bits per heavy atom. The van der Waals surface area contributed by atoms with Gasteiger partial charge in [-0.2, -0.15) is 0 Å². The molecule has 0 spiro atoms. The second kappa shape index (κ2) is 4.01. The molecule has 0 atom stereocenters. The van der Waals surface area contributed by atoms with E-state index in [0.29, 0.717) is 0 Å². The molecule has 0 saturated carbocycles. The molecular formula is C16H11Br. The highest BCUT2D eigenvalue weighted by molar-refractivity contribution is 9.15. The van der Waals surface area contributed by atoms with E-state index >= 15 is 0 Å². The quantitative estimate of drug-likeness (QED) is 0.527. The smallest absolute Gasteiger partial charge is 0.0188 e. The maximum absolute atomic E-state index is 4.04. The lowest BCUT2D eigenvalue weighted by Gasteiger charge is -2.10. The van der Waals surface area contributed by atoms with Crippen molar-refractivity contribution in [2.45, 2.75) is 0 Å². The van der Waals surface area contributed by atoms with Gasteiger partial charge in [0.05, 0.1) is 0 Å². The summed E-state index contributed by atoms with van der Waals surface area (Å²) in [4.78, 5) is 0. The summed E-state index contributed by atoms with van der Waals surface area (Å²) < 4.78 is 0.936. The Labute approximate surface area is 109 Å². The molecule has 82 valence electrons. The topological polar surface area (TPSA) is 0 Å². The first-order valence-electron chi connectivity index (χ1n) is 5.52. The standard InChI is InChI=1S/C16H11Br/c1-11(17)16-14-8-4-2-6-12(14)10-13-7-3-5-9-15(13)16/h2-10H,1H2. The van der Waals surface area contributed by atoms with E-state index in [9.17, 15) is 0 Å². The van der Waals surface area contributed by atoms with Crippen LogP contribution < -0.4 is 0 Å². The molecule has 0 amide bonds. The summed E-state index contributed by atoms with van der Waals surface area (Å²) in [5.41, 5.74) is 1.19. The Balaban J connectivity index is 2.61. The molecule has 0 unspecified atom stereocenters. The van der Waals surface area contributed by atoms with Gasteiger partial charge in [0.2, 0.25) is 0 Å². The maximum atomic E-state index is 4.04. The third-order valence-electron chi connectivity index (χ3n) is 3.04. The van der Waals surface area contributed by atoms with E-state index in [-0.39, 0.29) is 0 Å². The molecular weight excluding hydrogens is 272 g/mol. The van der Waals surface area contributed by atoms with Crippen LogP contribution in [0.5, 0.6) is 0 Å². The Kier molecular flexibility index (Phi) is 2.49. The van der Waals surface area contributed by atoms with Crippen LogP contribution in [0.2, 0.25) is 0 Å². The fourth-order valence-corrected chi connectivity index (χ4v) is 2.73. The van der Waals surface area contributed by atoms with Gasteiger partial charge in [-0.3, -0.25) is 0 Å². The molecule has 0 saturated heterocycles. The van der Waals surface area contributed by atoms with Crippen LogP contribution in [-0.4, -0.2) is 0 Å². The normalized spacial score (nSPS) is 10.9. The van der Waals surface area contributed by atoms with Crippen molar-refractivity contribution in [1.29, 1.82) is 0 Å². The van der Waals surface area contributed by atoms with Crippen molar-refractivity contribution in [2.24, 2.45) is 0 Å². The second-order valence-corrected chi connectivity index (χ2v) is 5.06. The molecule has 0 aliphatic rings. The van der Waals surface area contributed by atoms with E-state index in [1.165, 1.54) is 27.1 Å². The highest BCUT2D eigenvalue weighted by atomic mass is 79.9. The summed E-state index contributed by atoms with van der Waals surface area (Å²) in [6.45, 7) is 4.04. The van der Waals surface area contributed by atoms with Crippen LogP contribution in [0.15, 0.2) is 61.2 Å². The van der Waals surface area contributed by atoms with Crippen LogP contribution in [0.4, 0.5) is 0 Å². The van der Waals surface area contributed by atoms with Crippen molar-refractivity contribution in [2.75, 3.05) is 0 Å². The number of hydrogen-bond donors (Lipinski definition) is 0. The predicted octanol–water partition coefficient (Wildman–Crippen LogP) is 5.36. The molecule has 3 aromatic rings. The molecule has 0 N–H and O–H groups in total. The molecule has 0 fully saturated rings. The third kappa shape index (κ3) is 1.67. The van der Waals surface area contributed by atoms with Crippen LogP contribution in [0.25, 0.3) is 26.0 Å². The van der Waals surface area contributed by atoms with Gasteiger partial charge in [0.1, 0.15) is 0 Å². The summed E-state index contributed by atoms with van der Waals surface area (Å²) in [5.74, 6) is 0. The lowest BCUT2D eigenvalue weighted by atomic mass is 9.97. The first-order chi connectivity index (χ1) is 8.27. The molecule has 0 radical (unpaired) electrons. The molecule has 3 rings (SSSR count). The van der Waals surface area contributed by atoms with E-state index < -0.39 is 0 Å². The van der Waals surface area contributed by atoms with Gasteiger partial charge in [0.15, 0.2) is 0 Å². The Morgan fingerprint density at radius 3 is 1.76 bits per heavy atom. The monoisotopic (exact) mass is 282 g/mol. The molecule has 0 aliphatic carbocycles. The highest BCUT2D eigenvalue weighted by Crippen LogP contribution is 2.34. The van der Waals surface area contributed by atoms with Gasteiger partial charge in [0, 0.05) is 10.0 Å². The first kappa shape index (κ1) is 10.5. The fourth-order valence-electron chi connectivity index (χ4n) is 2.31. The number of benzene rings is 3. The van der Waals surface area contributed by atoms with Gasteiger partial charge in [-0.05, 0) is 27.6 Å². The third-order valence-corrected chi connectivity index (χ3v) is 3.44. The van der Waals surface area contributed by atoms with Crippen molar-refractivity contribution in [1.82, 2.24) is 0 Å². The summed E-state index contributed by atoms with van der Waals surface area (Å²) in [6, 6.07) is 19.1. The van der Waals surface area contributed by atoms with E-state index in [0.717, 1.165) is 4.48 Å². The molecule has 3 aromatic carbocycles. The molecule has 0 bridgehead atoms. The fraction of sp³-hybridized carbons (Fsp3) is 0. The van der Waals surface area contributed by atoms with Crippen LogP contribution in [0.1, 0.15) is 5.56 Å². The Bertz CT molecular complexity index is 672. The number of halogens is 1. The maximum Gasteiger partial charge on any atom is 0.0188 e. The molecule has 1 heteroatoms. The lowest BCUT2D eigenvalue weighted by Crippen LogP contribution is -1.84. The zero-order valence-electron chi connectivity index (χ0n) is 9.28. The second-order valence-electron chi connectivity index (χ2n) is 4.10. The predicted molar refractivity (Wildman–Crippen MR) is 79.4 cm³/mol. The average Bonchev–Trinajstić information content (AvgIpc) is 2.35. The average molecular weight is 283 g/mol. The Morgan fingerprint density at radius 2 is 1.29 bits per heavy atom. The van der Waals surface area contributed by atoms with Crippen LogP contribution in [0.3, 0.4) is 0 Å². The minimum atomic E-state index is 0.936. The summed E-state index contributed by atoms with van der Waals surface area (Å²) in [6.07, 6.45) is 0. The van der Waals surface area contributed by atoms with Crippen molar-refractivity contribution in [3.8, 4) is 0 Å². The first-order valence-corrected chi connectivity index (χ1v) is 6.32. The SMILES string of the molecule is C=C(Br)c1c2ccccc2cc2ccccc12. The molecule has 0 aliphatic heterocycles. The molecule has 0 nitrogen and oxygen atoms in total. The molecule has 0 aromatic heterocycles. The summed E-state index contributed by atoms with van der Waals surface area (Å²) >= 11 is 3.53. The number of rotatable bonds is 1. The van der Waals surface area contributed by atoms with Gasteiger partial charge in [-0.15, -0.1) is 0 Å². The van der Waals surface area contributed by atoms with E-state index in [2.05, 4.69) is 77.1 Å². The van der Waals surface area contributed by atoms with Gasteiger partial charge < -0.3 is 0 Å². The van der Waals surface area contributed by atoms with Gasteiger partial charge in [0.25, 0.3) is 0 Å². The largest absolute Gasteiger partial charge is 0.0841 e. The lowest BCUT2D eigenvalue weighted by molar-refractivity contribution is 1.74. The number of hydrogen-bond acceptors (Lipinski definition) is 0. The summed E-state index contributed by atoms with van der Waals surface area (Å²) in [7, 11) is 0. The van der Waals surface area contributed by atoms with Gasteiger partial charge in [-0.25, -0.2) is 0 Å². The minimum Gasteiger partial charge on any atom is -0.0841 e. The highest BCUT2D eigenvalue weighted by Gasteiger charge is 2.07. The summed E-state index contributed by atoms with van der Waals surface area (Å²) in [5, 5.41) is 4.99. The van der Waals surface area contributed by atoms with Crippen molar-refractivity contribution >= 4 is 42.0 Å². The molecule has 17 heavy (non-hydrogen) atoms. The zero-order chi connectivity index (χ0) is 11.8. The van der Waals surface area contributed by atoms with Crippen molar-refractivity contribution in [3.63, 3.8) is 0 Å². The van der Waals surface area contributed by atoms with Crippen molar-refractivity contribution < 1.29 is 0 Å². The van der Waals surface area contributed by atoms with E-state index in [4.69, 9.17) is 0 Å². The van der Waals surface area contributed by atoms with Crippen molar-refractivity contribution in [3.05, 3.63) is 66.7 Å². The van der Waals surface area contributed by atoms with Gasteiger partial charge >= 0.3 is 0 Å².